The first-order valence-electron chi connectivity index (χ1n) is 5.39. The fraction of sp³-hybridized carbons (Fsp3) is 0.636. The highest BCUT2D eigenvalue weighted by Gasteiger charge is 2.12. The lowest BCUT2D eigenvalue weighted by Crippen LogP contribution is -2.26. The standard InChI is InChI=1S/C11H19ClN2S/c1-3-14(4-2)7-5-10(13)11-9(12)6-8-15-11/h6,8,10H,3-5,7,13H2,1-2H3. The highest BCUT2D eigenvalue weighted by Crippen LogP contribution is 2.28. The molecule has 2 N–H and O–H groups in total. The normalized spacial score (nSPS) is 13.4. The quantitative estimate of drug-likeness (QED) is 0.836. The molecule has 0 aliphatic heterocycles. The smallest absolute Gasteiger partial charge is 0.0561 e. The second-order valence-corrected chi connectivity index (χ2v) is 4.91. The molecule has 15 heavy (non-hydrogen) atoms. The molecule has 0 saturated carbocycles. The second-order valence-electron chi connectivity index (χ2n) is 3.55. The summed E-state index contributed by atoms with van der Waals surface area (Å²) in [5, 5.41) is 2.81. The zero-order chi connectivity index (χ0) is 11.3. The lowest BCUT2D eigenvalue weighted by atomic mass is 10.2. The minimum atomic E-state index is 0.0816. The summed E-state index contributed by atoms with van der Waals surface area (Å²) in [6, 6.07) is 2.00. The summed E-state index contributed by atoms with van der Waals surface area (Å²) in [6.45, 7) is 7.56. The first-order valence-corrected chi connectivity index (χ1v) is 6.65. The summed E-state index contributed by atoms with van der Waals surface area (Å²) < 4.78 is 0. The van der Waals surface area contributed by atoms with Crippen molar-refractivity contribution in [3.63, 3.8) is 0 Å². The van der Waals surface area contributed by atoms with Crippen molar-refractivity contribution >= 4 is 22.9 Å². The topological polar surface area (TPSA) is 29.3 Å². The number of hydrogen-bond donors (Lipinski definition) is 1. The maximum Gasteiger partial charge on any atom is 0.0561 e. The van der Waals surface area contributed by atoms with Crippen molar-refractivity contribution in [2.24, 2.45) is 5.73 Å². The van der Waals surface area contributed by atoms with Crippen molar-refractivity contribution in [1.82, 2.24) is 4.90 Å². The van der Waals surface area contributed by atoms with Crippen LogP contribution in [-0.2, 0) is 0 Å². The second kappa shape index (κ2) is 6.48. The minimum absolute atomic E-state index is 0.0816. The largest absolute Gasteiger partial charge is 0.323 e. The van der Waals surface area contributed by atoms with Crippen molar-refractivity contribution in [3.8, 4) is 0 Å². The molecule has 1 aromatic heterocycles. The Hall–Kier alpha value is -0.0900. The minimum Gasteiger partial charge on any atom is -0.323 e. The van der Waals surface area contributed by atoms with Crippen molar-refractivity contribution in [3.05, 3.63) is 21.3 Å². The van der Waals surface area contributed by atoms with E-state index in [1.165, 1.54) is 0 Å². The van der Waals surface area contributed by atoms with Crippen LogP contribution in [0.3, 0.4) is 0 Å². The molecule has 0 amide bonds. The number of halogens is 1. The summed E-state index contributed by atoms with van der Waals surface area (Å²) in [5.74, 6) is 0. The van der Waals surface area contributed by atoms with Gasteiger partial charge in [-0.25, -0.2) is 0 Å². The molecule has 1 unspecified atom stereocenters. The van der Waals surface area contributed by atoms with Crippen molar-refractivity contribution < 1.29 is 0 Å². The summed E-state index contributed by atoms with van der Waals surface area (Å²) in [5.41, 5.74) is 6.10. The van der Waals surface area contributed by atoms with Gasteiger partial charge in [-0.05, 0) is 37.5 Å². The predicted molar refractivity (Wildman–Crippen MR) is 68.7 cm³/mol. The van der Waals surface area contributed by atoms with Gasteiger partial charge in [0.15, 0.2) is 0 Å². The molecule has 0 aromatic carbocycles. The molecular weight excluding hydrogens is 228 g/mol. The van der Waals surface area contributed by atoms with Gasteiger partial charge < -0.3 is 10.6 Å². The number of nitrogens with zero attached hydrogens (tertiary/aromatic N) is 1. The van der Waals surface area contributed by atoms with E-state index in [2.05, 4.69) is 18.7 Å². The van der Waals surface area contributed by atoms with E-state index in [1.54, 1.807) is 11.3 Å². The summed E-state index contributed by atoms with van der Waals surface area (Å²) >= 11 is 7.68. The third kappa shape index (κ3) is 3.76. The van der Waals surface area contributed by atoms with Gasteiger partial charge >= 0.3 is 0 Å². The van der Waals surface area contributed by atoms with Gasteiger partial charge in [-0.15, -0.1) is 11.3 Å². The highest BCUT2D eigenvalue weighted by molar-refractivity contribution is 7.10. The third-order valence-electron chi connectivity index (χ3n) is 2.63. The first-order chi connectivity index (χ1) is 7.19. The highest BCUT2D eigenvalue weighted by atomic mass is 35.5. The van der Waals surface area contributed by atoms with Crippen LogP contribution in [-0.4, -0.2) is 24.5 Å². The number of thiophene rings is 1. The van der Waals surface area contributed by atoms with Crippen molar-refractivity contribution in [2.75, 3.05) is 19.6 Å². The first kappa shape index (κ1) is 13.0. The zero-order valence-corrected chi connectivity index (χ0v) is 10.9. The fourth-order valence-electron chi connectivity index (χ4n) is 1.56. The molecule has 86 valence electrons. The molecule has 0 spiro atoms. The Morgan fingerprint density at radius 1 is 1.47 bits per heavy atom. The van der Waals surface area contributed by atoms with Gasteiger partial charge in [-0.2, -0.15) is 0 Å². The maximum atomic E-state index is 6.10. The van der Waals surface area contributed by atoms with E-state index >= 15 is 0 Å². The molecule has 0 saturated heterocycles. The monoisotopic (exact) mass is 246 g/mol. The van der Waals surface area contributed by atoms with Gasteiger partial charge in [0.05, 0.1) is 5.02 Å². The zero-order valence-electron chi connectivity index (χ0n) is 9.37. The van der Waals surface area contributed by atoms with Gasteiger partial charge in [-0.3, -0.25) is 0 Å². The van der Waals surface area contributed by atoms with Crippen molar-refractivity contribution in [2.45, 2.75) is 26.3 Å². The summed E-state index contributed by atoms with van der Waals surface area (Å²) in [6.07, 6.45) is 0.974. The number of rotatable bonds is 6. The van der Waals surface area contributed by atoms with E-state index in [1.807, 2.05) is 11.4 Å². The fourth-order valence-corrected chi connectivity index (χ4v) is 2.80. The van der Waals surface area contributed by atoms with Crippen LogP contribution in [0, 0.1) is 0 Å². The van der Waals surface area contributed by atoms with Crippen LogP contribution in [0.25, 0.3) is 0 Å². The van der Waals surface area contributed by atoms with Crippen LogP contribution in [0.1, 0.15) is 31.2 Å². The van der Waals surface area contributed by atoms with E-state index in [0.29, 0.717) is 0 Å². The molecule has 1 rings (SSSR count). The van der Waals surface area contributed by atoms with Crippen LogP contribution in [0.5, 0.6) is 0 Å². The predicted octanol–water partition coefficient (Wildman–Crippen LogP) is 3.13. The molecule has 0 bridgehead atoms. The summed E-state index contributed by atoms with van der Waals surface area (Å²) in [7, 11) is 0. The average molecular weight is 247 g/mol. The Bertz CT molecular complexity index is 284. The van der Waals surface area contributed by atoms with E-state index in [0.717, 1.165) is 36.0 Å². The molecule has 1 heterocycles. The van der Waals surface area contributed by atoms with Crippen LogP contribution in [0.4, 0.5) is 0 Å². The Labute approximate surface area is 101 Å². The van der Waals surface area contributed by atoms with Crippen LogP contribution in [0.15, 0.2) is 11.4 Å². The van der Waals surface area contributed by atoms with Crippen LogP contribution < -0.4 is 5.73 Å². The Balaban J connectivity index is 2.42. The summed E-state index contributed by atoms with van der Waals surface area (Å²) in [4.78, 5) is 3.49. The van der Waals surface area contributed by atoms with Gasteiger partial charge in [0, 0.05) is 10.9 Å². The molecule has 0 radical (unpaired) electrons. The van der Waals surface area contributed by atoms with Crippen LogP contribution >= 0.6 is 22.9 Å². The Kier molecular flexibility index (Phi) is 5.61. The van der Waals surface area contributed by atoms with E-state index in [4.69, 9.17) is 17.3 Å². The lowest BCUT2D eigenvalue weighted by Gasteiger charge is -2.20. The Morgan fingerprint density at radius 2 is 2.13 bits per heavy atom. The Morgan fingerprint density at radius 3 is 2.60 bits per heavy atom. The maximum absolute atomic E-state index is 6.10. The molecule has 4 heteroatoms. The van der Waals surface area contributed by atoms with E-state index in [9.17, 15) is 0 Å². The van der Waals surface area contributed by atoms with Gasteiger partial charge in [0.1, 0.15) is 0 Å². The molecule has 2 nitrogen and oxygen atoms in total. The van der Waals surface area contributed by atoms with E-state index in [-0.39, 0.29) is 6.04 Å². The van der Waals surface area contributed by atoms with Gasteiger partial charge in [0.2, 0.25) is 0 Å². The number of hydrogen-bond acceptors (Lipinski definition) is 3. The molecular formula is C11H19ClN2S. The average Bonchev–Trinajstić information content (AvgIpc) is 2.66. The lowest BCUT2D eigenvalue weighted by molar-refractivity contribution is 0.291. The third-order valence-corrected chi connectivity index (χ3v) is 4.12. The number of nitrogens with two attached hydrogens (primary N) is 1. The molecule has 0 aliphatic rings. The van der Waals surface area contributed by atoms with Crippen LogP contribution in [0.2, 0.25) is 5.02 Å². The molecule has 0 fully saturated rings. The SMILES string of the molecule is CCN(CC)CCC(N)c1sccc1Cl. The molecule has 1 atom stereocenters. The van der Waals surface area contributed by atoms with Gasteiger partial charge in [-0.1, -0.05) is 25.4 Å². The molecule has 0 aliphatic carbocycles. The van der Waals surface area contributed by atoms with Crippen molar-refractivity contribution in [1.29, 1.82) is 0 Å². The molecule has 1 aromatic rings. The van der Waals surface area contributed by atoms with Gasteiger partial charge in [0.25, 0.3) is 0 Å². The van der Waals surface area contributed by atoms with E-state index < -0.39 is 0 Å².